The number of carbonyl (C=O) groups excluding carboxylic acids is 1. The molecule has 196 valence electrons. The number of ether oxygens (including phenoxy) is 2. The number of rotatable bonds is 9. The first-order valence-electron chi connectivity index (χ1n) is 12.8. The van der Waals surface area contributed by atoms with Crippen LogP contribution in [0.2, 0.25) is 0 Å². The lowest BCUT2D eigenvalue weighted by atomic mass is 9.83. The second kappa shape index (κ2) is 10.4. The number of nitrogens with one attached hydrogen (secondary N) is 2. The fourth-order valence-corrected chi connectivity index (χ4v) is 5.67. The van der Waals surface area contributed by atoms with Crippen molar-refractivity contribution >= 4 is 22.8 Å². The van der Waals surface area contributed by atoms with Gasteiger partial charge < -0.3 is 24.5 Å². The molecule has 0 aliphatic carbocycles. The van der Waals surface area contributed by atoms with Gasteiger partial charge in [0.25, 0.3) is 0 Å². The molecular formula is C28H34N4O5. The molecule has 9 heteroatoms. The average molecular weight is 507 g/mol. The highest BCUT2D eigenvalue weighted by Crippen LogP contribution is 2.45. The van der Waals surface area contributed by atoms with Gasteiger partial charge in [-0.3, -0.25) is 19.8 Å². The van der Waals surface area contributed by atoms with Gasteiger partial charge in [-0.1, -0.05) is 18.2 Å². The highest BCUT2D eigenvalue weighted by Gasteiger charge is 2.50. The van der Waals surface area contributed by atoms with Crippen LogP contribution < -0.4 is 14.8 Å². The number of hydrogen-bond acceptors (Lipinski definition) is 6. The van der Waals surface area contributed by atoms with Crippen molar-refractivity contribution in [1.82, 2.24) is 20.1 Å². The molecule has 2 aromatic carbocycles. The van der Waals surface area contributed by atoms with E-state index in [1.165, 1.54) is 5.56 Å². The van der Waals surface area contributed by atoms with Crippen LogP contribution >= 0.6 is 0 Å². The Bertz CT molecular complexity index is 1280. The summed E-state index contributed by atoms with van der Waals surface area (Å²) in [5.41, 5.74) is 2.82. The van der Waals surface area contributed by atoms with E-state index in [1.54, 1.807) is 14.0 Å². The number of aliphatic carboxylic acids is 1. The quantitative estimate of drug-likeness (QED) is 0.410. The molecule has 3 N–H and O–H groups in total. The minimum Gasteiger partial charge on any atom is -0.497 e. The summed E-state index contributed by atoms with van der Waals surface area (Å²) >= 11 is 0. The Morgan fingerprint density at radius 1 is 1.16 bits per heavy atom. The van der Waals surface area contributed by atoms with Crippen LogP contribution in [0.4, 0.5) is 0 Å². The van der Waals surface area contributed by atoms with Crippen LogP contribution in [0.25, 0.3) is 10.9 Å². The number of nitrogens with zero attached hydrogens (tertiary/aromatic N) is 2. The van der Waals surface area contributed by atoms with Gasteiger partial charge in [0.15, 0.2) is 0 Å². The van der Waals surface area contributed by atoms with E-state index >= 15 is 0 Å². The summed E-state index contributed by atoms with van der Waals surface area (Å²) in [4.78, 5) is 32.7. The number of carboxylic acid groups (broad SMARTS) is 1. The molecule has 2 aliphatic heterocycles. The molecule has 9 nitrogen and oxygen atoms in total. The molecule has 37 heavy (non-hydrogen) atoms. The van der Waals surface area contributed by atoms with Gasteiger partial charge in [0.05, 0.1) is 19.2 Å². The number of H-pyrrole nitrogens is 1. The largest absolute Gasteiger partial charge is 0.497 e. The van der Waals surface area contributed by atoms with Gasteiger partial charge in [-0.25, -0.2) is 0 Å². The van der Waals surface area contributed by atoms with Gasteiger partial charge in [0, 0.05) is 42.8 Å². The zero-order chi connectivity index (χ0) is 26.0. The maximum atomic E-state index is 13.5. The summed E-state index contributed by atoms with van der Waals surface area (Å²) < 4.78 is 11.4. The summed E-state index contributed by atoms with van der Waals surface area (Å²) in [6.45, 7) is 4.93. The van der Waals surface area contributed by atoms with Crippen molar-refractivity contribution in [2.24, 2.45) is 0 Å². The fraction of sp³-hybridized carbons (Fsp3) is 0.429. The lowest BCUT2D eigenvalue weighted by Crippen LogP contribution is -2.57. The Balaban J connectivity index is 1.41. The molecular weight excluding hydrogens is 472 g/mol. The number of amides is 1. The van der Waals surface area contributed by atoms with Gasteiger partial charge in [0.2, 0.25) is 5.91 Å². The molecule has 1 fully saturated rings. The molecule has 5 rings (SSSR count). The molecule has 2 unspecified atom stereocenters. The number of para-hydroxylation sites is 1. The van der Waals surface area contributed by atoms with E-state index in [4.69, 9.17) is 9.47 Å². The lowest BCUT2D eigenvalue weighted by molar-refractivity contribution is -0.140. The molecule has 1 saturated heterocycles. The molecule has 1 aromatic heterocycles. The molecule has 2 atom stereocenters. The van der Waals surface area contributed by atoms with Crippen LogP contribution in [0.3, 0.4) is 0 Å². The number of carbonyl (C=O) groups is 2. The van der Waals surface area contributed by atoms with Crippen molar-refractivity contribution in [3.05, 3.63) is 59.8 Å². The van der Waals surface area contributed by atoms with Crippen molar-refractivity contribution in [3.63, 3.8) is 0 Å². The Hall–Kier alpha value is -3.56. The van der Waals surface area contributed by atoms with Crippen LogP contribution in [-0.4, -0.2) is 84.2 Å². The minimum atomic E-state index is -0.974. The number of aromatic amines is 1. The van der Waals surface area contributed by atoms with Crippen molar-refractivity contribution in [1.29, 1.82) is 0 Å². The Morgan fingerprint density at radius 2 is 1.97 bits per heavy atom. The minimum absolute atomic E-state index is 0.0181. The Kier molecular flexibility index (Phi) is 7.08. The normalized spacial score (nSPS) is 20.2. The first-order chi connectivity index (χ1) is 17.9. The van der Waals surface area contributed by atoms with E-state index in [0.717, 1.165) is 54.0 Å². The topological polar surface area (TPSA) is 107 Å². The molecule has 2 aliphatic rings. The molecule has 0 saturated carbocycles. The summed E-state index contributed by atoms with van der Waals surface area (Å²) in [5.74, 6) is 0.590. The number of carboxylic acids is 1. The third-order valence-electron chi connectivity index (χ3n) is 7.66. The number of fused-ring (bicyclic) bond motifs is 4. The standard InChI is InChI=1S/C28H34N4O5/c1-19(27(34)35)29-17-25(33)32-12-10-22-23-16-21(36-2)8-9-24(23)30-26(22)28(32)11-13-31(18-28)14-15-37-20-6-4-3-5-7-20/h3-9,16,19,29-30H,10-15,17-18H2,1-2H3,(H,34,35). The zero-order valence-electron chi connectivity index (χ0n) is 21.3. The van der Waals surface area contributed by atoms with Gasteiger partial charge in [-0.2, -0.15) is 0 Å². The first kappa shape index (κ1) is 25.1. The van der Waals surface area contributed by atoms with Crippen LogP contribution in [-0.2, 0) is 21.5 Å². The predicted molar refractivity (Wildman–Crippen MR) is 140 cm³/mol. The van der Waals surface area contributed by atoms with Gasteiger partial charge in [-0.05, 0) is 55.7 Å². The van der Waals surface area contributed by atoms with Crippen LogP contribution in [0.5, 0.6) is 11.5 Å². The van der Waals surface area contributed by atoms with Crippen LogP contribution in [0.15, 0.2) is 48.5 Å². The fourth-order valence-electron chi connectivity index (χ4n) is 5.67. The van der Waals surface area contributed by atoms with Gasteiger partial charge >= 0.3 is 5.97 Å². The van der Waals surface area contributed by atoms with Gasteiger partial charge in [-0.15, -0.1) is 0 Å². The van der Waals surface area contributed by atoms with Crippen LogP contribution in [0, 0.1) is 0 Å². The highest BCUT2D eigenvalue weighted by atomic mass is 16.5. The molecule has 3 aromatic rings. The van der Waals surface area contributed by atoms with Crippen molar-refractivity contribution in [2.45, 2.75) is 31.3 Å². The number of benzene rings is 2. The summed E-state index contributed by atoms with van der Waals surface area (Å²) in [6.07, 6.45) is 1.51. The second-order valence-corrected chi connectivity index (χ2v) is 9.85. The van der Waals surface area contributed by atoms with E-state index < -0.39 is 17.6 Å². The number of likely N-dealkylation sites (tertiary alicyclic amines) is 1. The van der Waals surface area contributed by atoms with Crippen molar-refractivity contribution in [3.8, 4) is 11.5 Å². The zero-order valence-corrected chi connectivity index (χ0v) is 21.3. The monoisotopic (exact) mass is 506 g/mol. The van der Waals surface area contributed by atoms with E-state index in [9.17, 15) is 14.7 Å². The van der Waals surface area contributed by atoms with E-state index in [1.807, 2.05) is 47.4 Å². The number of hydrogen-bond donors (Lipinski definition) is 3. The number of aromatic nitrogens is 1. The molecule has 3 heterocycles. The maximum absolute atomic E-state index is 13.5. The SMILES string of the molecule is COc1ccc2[nH]c3c(c2c1)CCN(C(=O)CNC(C)C(=O)O)C31CCN(CCOc2ccccc2)C1. The average Bonchev–Trinajstić information content (AvgIpc) is 3.50. The first-order valence-corrected chi connectivity index (χ1v) is 12.8. The molecule has 1 amide bonds. The smallest absolute Gasteiger partial charge is 0.320 e. The summed E-state index contributed by atoms with van der Waals surface area (Å²) in [5, 5.41) is 13.2. The van der Waals surface area contributed by atoms with E-state index in [0.29, 0.717) is 19.7 Å². The summed E-state index contributed by atoms with van der Waals surface area (Å²) in [6, 6.07) is 15.0. The third kappa shape index (κ3) is 4.89. The van der Waals surface area contributed by atoms with Crippen molar-refractivity contribution < 1.29 is 24.2 Å². The Morgan fingerprint density at radius 3 is 2.73 bits per heavy atom. The molecule has 1 spiro atoms. The second-order valence-electron chi connectivity index (χ2n) is 9.85. The van der Waals surface area contributed by atoms with E-state index in [-0.39, 0.29) is 12.5 Å². The predicted octanol–water partition coefficient (Wildman–Crippen LogP) is 2.60. The van der Waals surface area contributed by atoms with Crippen LogP contribution in [0.1, 0.15) is 24.6 Å². The molecule has 0 radical (unpaired) electrons. The summed E-state index contributed by atoms with van der Waals surface area (Å²) in [7, 11) is 1.67. The molecule has 0 bridgehead atoms. The van der Waals surface area contributed by atoms with Crippen molar-refractivity contribution in [2.75, 3.05) is 46.4 Å². The highest BCUT2D eigenvalue weighted by molar-refractivity contribution is 5.88. The van der Waals surface area contributed by atoms with E-state index in [2.05, 4.69) is 21.3 Å². The van der Waals surface area contributed by atoms with Gasteiger partial charge in [0.1, 0.15) is 24.1 Å². The third-order valence-corrected chi connectivity index (χ3v) is 7.66. The lowest BCUT2D eigenvalue weighted by Gasteiger charge is -2.45. The Labute approximate surface area is 216 Å². The number of methoxy groups -OCH3 is 1. The maximum Gasteiger partial charge on any atom is 0.320 e.